The van der Waals surface area contributed by atoms with E-state index in [-0.39, 0.29) is 18.7 Å². The summed E-state index contributed by atoms with van der Waals surface area (Å²) in [6, 6.07) is 0.425. The quantitative estimate of drug-likeness (QED) is 0.621. The number of hydrogen-bond donors (Lipinski definition) is 2. The lowest BCUT2D eigenvalue weighted by Crippen LogP contribution is -2.53. The Labute approximate surface area is 93.4 Å². The summed E-state index contributed by atoms with van der Waals surface area (Å²) >= 11 is 0. The predicted molar refractivity (Wildman–Crippen MR) is 62.9 cm³/mol. The minimum absolute atomic E-state index is 0.0225. The maximum atomic E-state index is 9.38. The summed E-state index contributed by atoms with van der Waals surface area (Å²) in [6.07, 6.45) is 0.876. The zero-order valence-electron chi connectivity index (χ0n) is 10.4. The molecule has 0 fully saturated rings. The number of aliphatic hydroxyl groups excluding tert-OH is 1. The van der Waals surface area contributed by atoms with Gasteiger partial charge in [-0.2, -0.15) is 0 Å². The maximum absolute atomic E-state index is 9.38. The van der Waals surface area contributed by atoms with Crippen molar-refractivity contribution in [2.45, 2.75) is 45.3 Å². The van der Waals surface area contributed by atoms with Gasteiger partial charge in [0, 0.05) is 31.8 Å². The molecule has 0 bridgehead atoms. The molecule has 0 aliphatic heterocycles. The van der Waals surface area contributed by atoms with Gasteiger partial charge in [0.15, 0.2) is 0 Å². The molecule has 0 aliphatic rings. The van der Waals surface area contributed by atoms with E-state index < -0.39 is 0 Å². The third-order valence-electron chi connectivity index (χ3n) is 2.80. The molecule has 0 aliphatic carbocycles. The second kappa shape index (κ2) is 8.05. The molecule has 4 heteroatoms. The Kier molecular flexibility index (Phi) is 7.96. The number of methoxy groups -OCH3 is 1. The highest BCUT2D eigenvalue weighted by molar-refractivity contribution is 4.82. The van der Waals surface area contributed by atoms with Gasteiger partial charge in [-0.05, 0) is 20.3 Å². The molecule has 0 heterocycles. The zero-order chi connectivity index (χ0) is 11.8. The lowest BCUT2D eigenvalue weighted by molar-refractivity contribution is 0.0517. The van der Waals surface area contributed by atoms with E-state index in [2.05, 4.69) is 18.7 Å². The molecule has 0 saturated carbocycles. The van der Waals surface area contributed by atoms with Crippen molar-refractivity contribution in [1.82, 2.24) is 4.90 Å². The predicted octanol–water partition coefficient (Wildman–Crippen LogP) is 0.441. The standard InChI is InChI=1S/C11H26N2O2/c1-5-10(12)11(8-14)13(9(2)3)6-7-15-4/h9-11,14H,5-8,12H2,1-4H3. The van der Waals surface area contributed by atoms with Gasteiger partial charge in [0.2, 0.25) is 0 Å². The first-order valence-electron chi connectivity index (χ1n) is 5.69. The molecule has 0 aromatic carbocycles. The third kappa shape index (κ3) is 4.93. The molecular formula is C11H26N2O2. The van der Waals surface area contributed by atoms with Crippen molar-refractivity contribution in [3.05, 3.63) is 0 Å². The Morgan fingerprint density at radius 3 is 2.33 bits per heavy atom. The van der Waals surface area contributed by atoms with Crippen LogP contribution in [0.25, 0.3) is 0 Å². The summed E-state index contributed by atoms with van der Waals surface area (Å²) < 4.78 is 5.07. The van der Waals surface area contributed by atoms with Crippen LogP contribution in [-0.4, -0.2) is 55.0 Å². The van der Waals surface area contributed by atoms with Crippen molar-refractivity contribution in [2.75, 3.05) is 26.9 Å². The van der Waals surface area contributed by atoms with E-state index in [1.807, 2.05) is 6.92 Å². The van der Waals surface area contributed by atoms with Crippen LogP contribution in [0.3, 0.4) is 0 Å². The van der Waals surface area contributed by atoms with Gasteiger partial charge in [-0.15, -0.1) is 0 Å². The van der Waals surface area contributed by atoms with Crippen molar-refractivity contribution < 1.29 is 9.84 Å². The van der Waals surface area contributed by atoms with Crippen LogP contribution in [0, 0.1) is 0 Å². The van der Waals surface area contributed by atoms with E-state index in [0.29, 0.717) is 12.6 Å². The molecule has 2 atom stereocenters. The normalized spacial score (nSPS) is 16.0. The SMILES string of the molecule is CCC(N)C(CO)N(CCOC)C(C)C. The van der Waals surface area contributed by atoms with Crippen molar-refractivity contribution in [3.8, 4) is 0 Å². The minimum atomic E-state index is 0.0225. The van der Waals surface area contributed by atoms with Gasteiger partial charge in [0.05, 0.1) is 13.2 Å². The van der Waals surface area contributed by atoms with Crippen LogP contribution in [0.4, 0.5) is 0 Å². The molecule has 0 rings (SSSR count). The topological polar surface area (TPSA) is 58.7 Å². The highest BCUT2D eigenvalue weighted by Gasteiger charge is 2.24. The zero-order valence-corrected chi connectivity index (χ0v) is 10.4. The largest absolute Gasteiger partial charge is 0.395 e. The van der Waals surface area contributed by atoms with Crippen molar-refractivity contribution in [1.29, 1.82) is 0 Å². The van der Waals surface area contributed by atoms with Gasteiger partial charge < -0.3 is 15.6 Å². The maximum Gasteiger partial charge on any atom is 0.0602 e. The monoisotopic (exact) mass is 218 g/mol. The molecule has 0 saturated heterocycles. The Bertz CT molecular complexity index is 154. The summed E-state index contributed by atoms with van der Waals surface area (Å²) in [5, 5.41) is 9.38. The number of nitrogens with zero attached hydrogens (tertiary/aromatic N) is 1. The van der Waals surface area contributed by atoms with Crippen LogP contribution in [0.1, 0.15) is 27.2 Å². The molecule has 0 aromatic heterocycles. The van der Waals surface area contributed by atoms with E-state index in [4.69, 9.17) is 10.5 Å². The summed E-state index contributed by atoms with van der Waals surface area (Å²) in [5.41, 5.74) is 6.00. The number of rotatable bonds is 8. The van der Waals surface area contributed by atoms with Crippen LogP contribution < -0.4 is 5.73 Å². The van der Waals surface area contributed by atoms with Crippen LogP contribution in [0.15, 0.2) is 0 Å². The van der Waals surface area contributed by atoms with Crippen LogP contribution in [0.2, 0.25) is 0 Å². The first-order valence-corrected chi connectivity index (χ1v) is 5.69. The average Bonchev–Trinajstić information content (AvgIpc) is 2.22. The highest BCUT2D eigenvalue weighted by atomic mass is 16.5. The summed E-state index contributed by atoms with van der Waals surface area (Å²) in [5.74, 6) is 0. The van der Waals surface area contributed by atoms with Gasteiger partial charge >= 0.3 is 0 Å². The number of aliphatic hydroxyl groups is 1. The van der Waals surface area contributed by atoms with Gasteiger partial charge in [-0.25, -0.2) is 0 Å². The number of hydrogen-bond acceptors (Lipinski definition) is 4. The van der Waals surface area contributed by atoms with E-state index >= 15 is 0 Å². The van der Waals surface area contributed by atoms with Gasteiger partial charge in [-0.1, -0.05) is 6.92 Å². The summed E-state index contributed by atoms with van der Waals surface area (Å²) in [7, 11) is 1.69. The van der Waals surface area contributed by atoms with E-state index in [0.717, 1.165) is 13.0 Å². The average molecular weight is 218 g/mol. The highest BCUT2D eigenvalue weighted by Crippen LogP contribution is 2.10. The van der Waals surface area contributed by atoms with Crippen LogP contribution in [-0.2, 0) is 4.74 Å². The summed E-state index contributed by atoms with van der Waals surface area (Å²) in [6.45, 7) is 7.86. The van der Waals surface area contributed by atoms with Gasteiger partial charge in [-0.3, -0.25) is 4.90 Å². The van der Waals surface area contributed by atoms with Gasteiger partial charge in [0.1, 0.15) is 0 Å². The molecule has 3 N–H and O–H groups in total. The van der Waals surface area contributed by atoms with Crippen LogP contribution in [0.5, 0.6) is 0 Å². The molecule has 0 aromatic rings. The molecule has 0 radical (unpaired) electrons. The molecule has 92 valence electrons. The van der Waals surface area contributed by atoms with Crippen molar-refractivity contribution in [2.24, 2.45) is 5.73 Å². The van der Waals surface area contributed by atoms with Crippen molar-refractivity contribution in [3.63, 3.8) is 0 Å². The van der Waals surface area contributed by atoms with E-state index in [1.165, 1.54) is 0 Å². The van der Waals surface area contributed by atoms with Crippen LogP contribution >= 0.6 is 0 Å². The van der Waals surface area contributed by atoms with E-state index in [1.54, 1.807) is 7.11 Å². The van der Waals surface area contributed by atoms with E-state index in [9.17, 15) is 5.11 Å². The second-order valence-corrected chi connectivity index (χ2v) is 4.15. The molecule has 0 spiro atoms. The van der Waals surface area contributed by atoms with Gasteiger partial charge in [0.25, 0.3) is 0 Å². The smallest absolute Gasteiger partial charge is 0.0602 e. The Morgan fingerprint density at radius 2 is 2.00 bits per heavy atom. The molecule has 0 amide bonds. The number of ether oxygens (including phenoxy) is 1. The number of nitrogens with two attached hydrogens (primary N) is 1. The Hall–Kier alpha value is -0.160. The first-order chi connectivity index (χ1) is 7.08. The molecular weight excluding hydrogens is 192 g/mol. The lowest BCUT2D eigenvalue weighted by Gasteiger charge is -2.36. The van der Waals surface area contributed by atoms with Crippen molar-refractivity contribution >= 4 is 0 Å². The third-order valence-corrected chi connectivity index (χ3v) is 2.80. The fourth-order valence-electron chi connectivity index (χ4n) is 1.76. The summed E-state index contributed by atoms with van der Waals surface area (Å²) in [4.78, 5) is 2.21. The second-order valence-electron chi connectivity index (χ2n) is 4.15. The fourth-order valence-corrected chi connectivity index (χ4v) is 1.76. The molecule has 15 heavy (non-hydrogen) atoms. The Morgan fingerprint density at radius 1 is 1.40 bits per heavy atom. The minimum Gasteiger partial charge on any atom is -0.395 e. The lowest BCUT2D eigenvalue weighted by atomic mass is 10.0. The molecule has 4 nitrogen and oxygen atoms in total. The fraction of sp³-hybridized carbons (Fsp3) is 1.00. The molecule has 2 unspecified atom stereocenters. The Balaban J connectivity index is 4.40. The first kappa shape index (κ1) is 14.8.